The van der Waals surface area contributed by atoms with Gasteiger partial charge in [-0.3, -0.25) is 4.79 Å². The highest BCUT2D eigenvalue weighted by Crippen LogP contribution is 2.14. The fraction of sp³-hybridized carbons (Fsp3) is 0.625. The Morgan fingerprint density at radius 1 is 1.82 bits per heavy atom. The zero-order valence-electron chi connectivity index (χ0n) is 7.22. The standard InChI is InChI=1S/C8H14N2O/c1-6(11)4-8-5-10(3)9-7(8)2/h5,7,9H,4H2,1-3H3. The molecule has 0 fully saturated rings. The number of nitrogens with zero attached hydrogens (tertiary/aromatic N) is 1. The molecule has 1 atom stereocenters. The Kier molecular flexibility index (Phi) is 2.29. The second-order valence-electron chi connectivity index (χ2n) is 3.04. The summed E-state index contributed by atoms with van der Waals surface area (Å²) in [6, 6.07) is 0.309. The SMILES string of the molecule is CC(=O)CC1=CN(C)NC1C. The van der Waals surface area contributed by atoms with E-state index in [1.807, 2.05) is 18.3 Å². The lowest BCUT2D eigenvalue weighted by atomic mass is 10.1. The van der Waals surface area contributed by atoms with Crippen molar-refractivity contribution < 1.29 is 4.79 Å². The van der Waals surface area contributed by atoms with Gasteiger partial charge in [0.1, 0.15) is 5.78 Å². The van der Waals surface area contributed by atoms with Gasteiger partial charge in [0.05, 0.1) is 0 Å². The van der Waals surface area contributed by atoms with E-state index >= 15 is 0 Å². The van der Waals surface area contributed by atoms with Gasteiger partial charge in [0, 0.05) is 25.7 Å². The molecule has 1 heterocycles. The molecular formula is C8H14N2O. The Morgan fingerprint density at radius 2 is 2.45 bits per heavy atom. The topological polar surface area (TPSA) is 32.3 Å². The van der Waals surface area contributed by atoms with Gasteiger partial charge in [-0.1, -0.05) is 0 Å². The highest BCUT2D eigenvalue weighted by Gasteiger charge is 2.17. The van der Waals surface area contributed by atoms with Crippen LogP contribution in [0.25, 0.3) is 0 Å². The van der Waals surface area contributed by atoms with Crippen LogP contribution in [0.2, 0.25) is 0 Å². The summed E-state index contributed by atoms with van der Waals surface area (Å²) in [5.74, 6) is 0.222. The lowest BCUT2D eigenvalue weighted by Crippen LogP contribution is -2.31. The molecule has 1 aliphatic heterocycles. The van der Waals surface area contributed by atoms with Crippen LogP contribution in [0.1, 0.15) is 20.3 Å². The minimum Gasteiger partial charge on any atom is -0.318 e. The van der Waals surface area contributed by atoms with Gasteiger partial charge in [0.15, 0.2) is 0 Å². The molecule has 1 aliphatic rings. The Bertz CT molecular complexity index is 198. The first kappa shape index (κ1) is 8.27. The van der Waals surface area contributed by atoms with E-state index < -0.39 is 0 Å². The first-order valence-corrected chi connectivity index (χ1v) is 3.78. The first-order chi connectivity index (χ1) is 5.09. The van der Waals surface area contributed by atoms with E-state index in [2.05, 4.69) is 12.3 Å². The molecule has 0 aromatic rings. The molecule has 0 aliphatic carbocycles. The average molecular weight is 154 g/mol. The summed E-state index contributed by atoms with van der Waals surface area (Å²) in [5.41, 5.74) is 4.33. The molecule has 0 aromatic carbocycles. The van der Waals surface area contributed by atoms with Crippen LogP contribution in [0, 0.1) is 0 Å². The fourth-order valence-electron chi connectivity index (χ4n) is 1.27. The van der Waals surface area contributed by atoms with E-state index in [9.17, 15) is 4.79 Å². The van der Waals surface area contributed by atoms with Gasteiger partial charge in [0.25, 0.3) is 0 Å². The molecule has 0 bridgehead atoms. The predicted molar refractivity (Wildman–Crippen MR) is 43.7 cm³/mol. The molecule has 0 spiro atoms. The van der Waals surface area contributed by atoms with Gasteiger partial charge in [-0.25, -0.2) is 5.43 Å². The van der Waals surface area contributed by atoms with E-state index in [0.29, 0.717) is 12.5 Å². The van der Waals surface area contributed by atoms with Crippen LogP contribution in [-0.2, 0) is 4.79 Å². The first-order valence-electron chi connectivity index (χ1n) is 3.78. The average Bonchev–Trinajstić information content (AvgIpc) is 2.09. The number of carbonyl (C=O) groups is 1. The van der Waals surface area contributed by atoms with Crippen molar-refractivity contribution in [1.29, 1.82) is 0 Å². The van der Waals surface area contributed by atoms with E-state index in [1.165, 1.54) is 5.57 Å². The molecule has 3 heteroatoms. The summed E-state index contributed by atoms with van der Waals surface area (Å²) >= 11 is 0. The quantitative estimate of drug-likeness (QED) is 0.635. The van der Waals surface area contributed by atoms with Gasteiger partial charge < -0.3 is 5.01 Å². The number of carbonyl (C=O) groups excluding carboxylic acids is 1. The van der Waals surface area contributed by atoms with Gasteiger partial charge in [-0.15, -0.1) is 0 Å². The number of ketones is 1. The van der Waals surface area contributed by atoms with Crippen LogP contribution < -0.4 is 5.43 Å². The Morgan fingerprint density at radius 3 is 2.82 bits per heavy atom. The summed E-state index contributed by atoms with van der Waals surface area (Å²) in [5, 5.41) is 1.89. The molecule has 1 rings (SSSR count). The third-order valence-corrected chi connectivity index (χ3v) is 1.77. The maximum absolute atomic E-state index is 10.8. The van der Waals surface area contributed by atoms with Crippen molar-refractivity contribution in [1.82, 2.24) is 10.4 Å². The Hall–Kier alpha value is -0.830. The molecular weight excluding hydrogens is 140 g/mol. The number of rotatable bonds is 2. The van der Waals surface area contributed by atoms with Crippen molar-refractivity contribution in [3.05, 3.63) is 11.8 Å². The normalized spacial score (nSPS) is 23.7. The van der Waals surface area contributed by atoms with E-state index in [-0.39, 0.29) is 5.78 Å². The van der Waals surface area contributed by atoms with Crippen LogP contribution in [0.4, 0.5) is 0 Å². The zero-order valence-corrected chi connectivity index (χ0v) is 7.22. The molecule has 0 aromatic heterocycles. The fourth-order valence-corrected chi connectivity index (χ4v) is 1.27. The molecule has 1 N–H and O–H groups in total. The van der Waals surface area contributed by atoms with E-state index in [0.717, 1.165) is 0 Å². The van der Waals surface area contributed by atoms with Crippen LogP contribution in [-0.4, -0.2) is 23.9 Å². The number of Topliss-reactive ketones (excluding diaryl/α,β-unsaturated/α-hetero) is 1. The van der Waals surface area contributed by atoms with Gasteiger partial charge in [0.2, 0.25) is 0 Å². The maximum Gasteiger partial charge on any atom is 0.133 e. The minimum atomic E-state index is 0.222. The number of hydrazine groups is 1. The highest BCUT2D eigenvalue weighted by atomic mass is 16.1. The smallest absolute Gasteiger partial charge is 0.133 e. The largest absolute Gasteiger partial charge is 0.318 e. The minimum absolute atomic E-state index is 0.222. The van der Waals surface area contributed by atoms with E-state index in [4.69, 9.17) is 0 Å². The summed E-state index contributed by atoms with van der Waals surface area (Å²) in [7, 11) is 1.93. The Labute approximate surface area is 67.0 Å². The van der Waals surface area contributed by atoms with Crippen LogP contribution in [0.5, 0.6) is 0 Å². The molecule has 11 heavy (non-hydrogen) atoms. The molecule has 3 nitrogen and oxygen atoms in total. The third kappa shape index (κ3) is 2.05. The lowest BCUT2D eigenvalue weighted by Gasteiger charge is -2.11. The molecule has 0 saturated carbocycles. The van der Waals surface area contributed by atoms with Gasteiger partial charge in [-0.2, -0.15) is 0 Å². The van der Waals surface area contributed by atoms with Crippen molar-refractivity contribution in [2.24, 2.45) is 0 Å². The van der Waals surface area contributed by atoms with E-state index in [1.54, 1.807) is 6.92 Å². The van der Waals surface area contributed by atoms with Crippen molar-refractivity contribution >= 4 is 5.78 Å². The molecule has 0 amide bonds. The summed E-state index contributed by atoms with van der Waals surface area (Å²) < 4.78 is 0. The predicted octanol–water partition coefficient (Wildman–Crippen LogP) is 0.688. The van der Waals surface area contributed by atoms with Crippen LogP contribution in [0.3, 0.4) is 0 Å². The van der Waals surface area contributed by atoms with Crippen molar-refractivity contribution in [2.45, 2.75) is 26.3 Å². The molecule has 62 valence electrons. The molecule has 1 unspecified atom stereocenters. The number of nitrogens with one attached hydrogen (secondary N) is 1. The highest BCUT2D eigenvalue weighted by molar-refractivity contribution is 5.78. The monoisotopic (exact) mass is 154 g/mol. The maximum atomic E-state index is 10.8. The summed E-state index contributed by atoms with van der Waals surface area (Å²) in [6.07, 6.45) is 2.55. The number of hydrogen-bond donors (Lipinski definition) is 1. The van der Waals surface area contributed by atoms with Crippen molar-refractivity contribution in [3.63, 3.8) is 0 Å². The lowest BCUT2D eigenvalue weighted by molar-refractivity contribution is -0.116. The zero-order chi connectivity index (χ0) is 8.43. The Balaban J connectivity index is 2.57. The second kappa shape index (κ2) is 3.05. The number of hydrogen-bond acceptors (Lipinski definition) is 3. The summed E-state index contributed by atoms with van der Waals surface area (Å²) in [6.45, 7) is 3.67. The van der Waals surface area contributed by atoms with Gasteiger partial charge in [-0.05, 0) is 19.4 Å². The third-order valence-electron chi connectivity index (χ3n) is 1.77. The van der Waals surface area contributed by atoms with Crippen LogP contribution in [0.15, 0.2) is 11.8 Å². The molecule has 0 radical (unpaired) electrons. The summed E-state index contributed by atoms with van der Waals surface area (Å²) in [4.78, 5) is 10.8. The van der Waals surface area contributed by atoms with Crippen LogP contribution >= 0.6 is 0 Å². The van der Waals surface area contributed by atoms with Gasteiger partial charge >= 0.3 is 0 Å². The van der Waals surface area contributed by atoms with Crippen molar-refractivity contribution in [2.75, 3.05) is 7.05 Å². The second-order valence-corrected chi connectivity index (χ2v) is 3.04. The molecule has 0 saturated heterocycles. The van der Waals surface area contributed by atoms with Crippen molar-refractivity contribution in [3.8, 4) is 0 Å².